The van der Waals surface area contributed by atoms with Crippen molar-refractivity contribution in [3.05, 3.63) is 28.7 Å². The number of nitrogens with one attached hydrogen (secondary N) is 1. The molecule has 0 radical (unpaired) electrons. The van der Waals surface area contributed by atoms with E-state index in [-0.39, 0.29) is 15.8 Å². The molecule has 100 valence electrons. The monoisotopic (exact) mass is 350 g/mol. The van der Waals surface area contributed by atoms with Crippen LogP contribution in [0.1, 0.15) is 13.8 Å². The van der Waals surface area contributed by atoms with Crippen LogP contribution in [0.4, 0.5) is 0 Å². The number of halogens is 1. The van der Waals surface area contributed by atoms with Crippen LogP contribution >= 0.6 is 28.1 Å². The lowest BCUT2D eigenvalue weighted by molar-refractivity contribution is 0.526. The maximum atomic E-state index is 12.2. The minimum atomic E-state index is -3.64. The van der Waals surface area contributed by atoms with Gasteiger partial charge in [-0.25, -0.2) is 13.1 Å². The highest BCUT2D eigenvalue weighted by Gasteiger charge is 2.25. The molecule has 0 aliphatic heterocycles. The van der Waals surface area contributed by atoms with Crippen LogP contribution in [-0.2, 0) is 10.0 Å². The van der Waals surface area contributed by atoms with E-state index in [0.717, 1.165) is 0 Å². The van der Waals surface area contributed by atoms with E-state index in [9.17, 15) is 8.42 Å². The van der Waals surface area contributed by atoms with Gasteiger partial charge in [-0.15, -0.1) is 0 Å². The number of rotatable bonds is 5. The van der Waals surface area contributed by atoms with Gasteiger partial charge in [0.1, 0.15) is 0 Å². The smallest absolute Gasteiger partial charge is 0.242 e. The van der Waals surface area contributed by atoms with Crippen LogP contribution in [0.15, 0.2) is 33.6 Å². The molecule has 0 saturated carbocycles. The molecular weight excluding hydrogens is 336 g/mol. The molecule has 0 bridgehead atoms. The summed E-state index contributed by atoms with van der Waals surface area (Å²) in [6.07, 6.45) is 0. The van der Waals surface area contributed by atoms with E-state index in [1.54, 1.807) is 18.2 Å². The van der Waals surface area contributed by atoms with Crippen molar-refractivity contribution in [2.24, 2.45) is 11.7 Å². The standard InChI is InChI=1S/C11H15BrN2O2S2/c1-7(2)10(11(13)17)14-18(15,16)9-6-4-3-5-8(9)12/h3-7,10,14H,1-2H3,(H2,13,17). The van der Waals surface area contributed by atoms with Crippen LogP contribution in [0.2, 0.25) is 0 Å². The Labute approximate surface area is 121 Å². The molecule has 1 unspecified atom stereocenters. The molecule has 0 amide bonds. The molecular formula is C11H15BrN2O2S2. The third-order valence-electron chi connectivity index (χ3n) is 2.38. The quantitative estimate of drug-likeness (QED) is 0.797. The lowest BCUT2D eigenvalue weighted by Crippen LogP contribution is -2.46. The van der Waals surface area contributed by atoms with E-state index in [0.29, 0.717) is 4.47 Å². The zero-order valence-electron chi connectivity index (χ0n) is 10.1. The Kier molecular flexibility index (Phi) is 5.27. The lowest BCUT2D eigenvalue weighted by atomic mass is 10.1. The Balaban J connectivity index is 3.09. The molecule has 18 heavy (non-hydrogen) atoms. The van der Waals surface area contributed by atoms with Crippen molar-refractivity contribution >= 4 is 43.2 Å². The molecule has 4 nitrogen and oxygen atoms in total. The normalized spacial score (nSPS) is 13.6. The van der Waals surface area contributed by atoms with Gasteiger partial charge < -0.3 is 5.73 Å². The fraction of sp³-hybridized carbons (Fsp3) is 0.364. The zero-order valence-corrected chi connectivity index (χ0v) is 13.3. The fourth-order valence-corrected chi connectivity index (χ4v) is 4.19. The second-order valence-corrected chi connectivity index (χ2v) is 7.18. The van der Waals surface area contributed by atoms with E-state index in [1.165, 1.54) is 6.07 Å². The molecule has 0 aliphatic rings. The third-order valence-corrected chi connectivity index (χ3v) is 5.09. The molecule has 0 aliphatic carbocycles. The van der Waals surface area contributed by atoms with Crippen molar-refractivity contribution in [1.82, 2.24) is 4.72 Å². The van der Waals surface area contributed by atoms with Gasteiger partial charge in [0.25, 0.3) is 0 Å². The molecule has 0 fully saturated rings. The van der Waals surface area contributed by atoms with Crippen LogP contribution in [-0.4, -0.2) is 19.4 Å². The van der Waals surface area contributed by atoms with Gasteiger partial charge >= 0.3 is 0 Å². The van der Waals surface area contributed by atoms with Gasteiger partial charge in [0.2, 0.25) is 10.0 Å². The van der Waals surface area contributed by atoms with Crippen LogP contribution in [0.3, 0.4) is 0 Å². The van der Waals surface area contributed by atoms with Crippen molar-refractivity contribution < 1.29 is 8.42 Å². The van der Waals surface area contributed by atoms with Gasteiger partial charge in [-0.1, -0.05) is 38.2 Å². The highest BCUT2D eigenvalue weighted by Crippen LogP contribution is 2.21. The number of thiocarbonyl (C=S) groups is 1. The minimum Gasteiger partial charge on any atom is -0.392 e. The topological polar surface area (TPSA) is 72.2 Å². The summed E-state index contributed by atoms with van der Waals surface area (Å²) in [6, 6.07) is 6.03. The Morgan fingerprint density at radius 1 is 1.39 bits per heavy atom. The number of hydrogen-bond acceptors (Lipinski definition) is 3. The second kappa shape index (κ2) is 6.10. The molecule has 1 aromatic carbocycles. The maximum Gasteiger partial charge on any atom is 0.242 e. The SMILES string of the molecule is CC(C)C(NS(=O)(=O)c1ccccc1Br)C(N)=S. The molecule has 0 aromatic heterocycles. The van der Waals surface area contributed by atoms with E-state index in [1.807, 2.05) is 13.8 Å². The average Bonchev–Trinajstić information content (AvgIpc) is 2.25. The van der Waals surface area contributed by atoms with E-state index < -0.39 is 16.1 Å². The van der Waals surface area contributed by atoms with Crippen molar-refractivity contribution in [2.75, 3.05) is 0 Å². The van der Waals surface area contributed by atoms with Crippen LogP contribution in [0.25, 0.3) is 0 Å². The summed E-state index contributed by atoms with van der Waals surface area (Å²) < 4.78 is 27.5. The van der Waals surface area contributed by atoms with E-state index in [4.69, 9.17) is 18.0 Å². The van der Waals surface area contributed by atoms with Crippen LogP contribution in [0.5, 0.6) is 0 Å². The third kappa shape index (κ3) is 3.74. The van der Waals surface area contributed by atoms with Crippen molar-refractivity contribution in [1.29, 1.82) is 0 Å². The number of nitrogens with two attached hydrogens (primary N) is 1. The van der Waals surface area contributed by atoms with Crippen molar-refractivity contribution in [3.63, 3.8) is 0 Å². The Morgan fingerprint density at radius 2 is 1.94 bits per heavy atom. The number of hydrogen-bond donors (Lipinski definition) is 2. The van der Waals surface area contributed by atoms with E-state index in [2.05, 4.69) is 20.7 Å². The largest absolute Gasteiger partial charge is 0.392 e. The molecule has 1 atom stereocenters. The highest BCUT2D eigenvalue weighted by atomic mass is 79.9. The summed E-state index contributed by atoms with van der Waals surface area (Å²) in [4.78, 5) is 0.313. The molecule has 0 spiro atoms. The van der Waals surface area contributed by atoms with Gasteiger partial charge in [0, 0.05) is 4.47 Å². The minimum absolute atomic E-state index is 0.0141. The summed E-state index contributed by atoms with van der Waals surface area (Å²) in [6.45, 7) is 3.71. The predicted molar refractivity (Wildman–Crippen MR) is 79.9 cm³/mol. The number of benzene rings is 1. The summed E-state index contributed by atoms with van der Waals surface area (Å²) in [7, 11) is -3.64. The lowest BCUT2D eigenvalue weighted by Gasteiger charge is -2.21. The molecule has 3 N–H and O–H groups in total. The molecule has 0 saturated heterocycles. The van der Waals surface area contributed by atoms with Crippen LogP contribution < -0.4 is 10.5 Å². The van der Waals surface area contributed by atoms with Gasteiger partial charge in [-0.2, -0.15) is 0 Å². The first-order valence-electron chi connectivity index (χ1n) is 5.32. The molecule has 7 heteroatoms. The maximum absolute atomic E-state index is 12.2. The Morgan fingerprint density at radius 3 is 2.39 bits per heavy atom. The van der Waals surface area contributed by atoms with E-state index >= 15 is 0 Å². The first-order chi connectivity index (χ1) is 8.25. The van der Waals surface area contributed by atoms with Gasteiger partial charge in [-0.05, 0) is 34.0 Å². The van der Waals surface area contributed by atoms with Gasteiger partial charge in [0.15, 0.2) is 0 Å². The van der Waals surface area contributed by atoms with Crippen molar-refractivity contribution in [3.8, 4) is 0 Å². The summed E-state index contributed by atoms with van der Waals surface area (Å²) in [5.41, 5.74) is 5.55. The Bertz CT molecular complexity index is 544. The van der Waals surface area contributed by atoms with Gasteiger partial charge in [-0.3, -0.25) is 0 Å². The second-order valence-electron chi connectivity index (χ2n) is 4.18. The molecule has 1 rings (SSSR count). The predicted octanol–water partition coefficient (Wildman–Crippen LogP) is 2.04. The summed E-state index contributed by atoms with van der Waals surface area (Å²) >= 11 is 8.10. The zero-order chi connectivity index (χ0) is 13.9. The summed E-state index contributed by atoms with van der Waals surface area (Å²) in [5, 5.41) is 0. The highest BCUT2D eigenvalue weighted by molar-refractivity contribution is 9.10. The first kappa shape index (κ1) is 15.6. The fourth-order valence-electron chi connectivity index (χ4n) is 1.42. The molecule has 1 aromatic rings. The van der Waals surface area contributed by atoms with Crippen LogP contribution in [0, 0.1) is 5.92 Å². The summed E-state index contributed by atoms with van der Waals surface area (Å²) in [5.74, 6) is -0.0141. The van der Waals surface area contributed by atoms with Crippen molar-refractivity contribution in [2.45, 2.75) is 24.8 Å². The molecule has 0 heterocycles. The first-order valence-corrected chi connectivity index (χ1v) is 8.00. The van der Waals surface area contributed by atoms with Gasteiger partial charge in [0.05, 0.1) is 15.9 Å². The average molecular weight is 351 g/mol. The number of sulfonamides is 1. The Hall–Kier alpha value is -0.500.